The molecule has 0 radical (unpaired) electrons. The lowest BCUT2D eigenvalue weighted by Crippen LogP contribution is -2.45. The van der Waals surface area contributed by atoms with Crippen molar-refractivity contribution in [3.63, 3.8) is 0 Å². The van der Waals surface area contributed by atoms with Crippen LogP contribution < -0.4 is 10.6 Å². The van der Waals surface area contributed by atoms with E-state index in [9.17, 15) is 23.1 Å². The minimum absolute atomic E-state index is 0.0943. The Balaban J connectivity index is 1.25. The summed E-state index contributed by atoms with van der Waals surface area (Å²) in [6.07, 6.45) is -3.01. The molecule has 0 bridgehead atoms. The number of aromatic nitrogens is 2. The SMILES string of the molecule is O=C(Nc1nc(-c2sc(CI)nc2CO)cs1)C1CC(NCc2ccc(C(F)(F)F)cc2)C1. The zero-order valence-corrected chi connectivity index (χ0v) is 20.9. The van der Waals surface area contributed by atoms with E-state index in [2.05, 4.69) is 43.2 Å². The molecule has 176 valence electrons. The Morgan fingerprint density at radius 2 is 1.94 bits per heavy atom. The third-order valence-corrected chi connectivity index (χ3v) is 8.48. The molecule has 0 spiro atoms. The van der Waals surface area contributed by atoms with Crippen molar-refractivity contribution < 1.29 is 23.1 Å². The number of carbonyl (C=O) groups excluding carboxylic acids is 1. The Bertz CT molecular complexity index is 1110. The molecule has 0 atom stereocenters. The van der Waals surface area contributed by atoms with E-state index in [1.807, 2.05) is 5.38 Å². The van der Waals surface area contributed by atoms with E-state index >= 15 is 0 Å². The Kier molecular flexibility index (Phi) is 7.68. The molecule has 0 saturated heterocycles. The van der Waals surface area contributed by atoms with E-state index in [4.69, 9.17) is 0 Å². The number of hydrogen-bond donors (Lipinski definition) is 3. The molecule has 1 saturated carbocycles. The van der Waals surface area contributed by atoms with Crippen LogP contribution in [0.15, 0.2) is 29.6 Å². The summed E-state index contributed by atoms with van der Waals surface area (Å²) in [5.41, 5.74) is 1.39. The standard InChI is InChI=1S/C21H20F3IN4O2S2/c22-21(23,24)13-3-1-11(2-4-13)8-26-14-5-12(6-14)19(31)29-20-28-16(10-32-20)18-15(9-30)27-17(7-25)33-18/h1-4,10,12,14,26,30H,5-9H2,(H,28,29,31). The summed E-state index contributed by atoms with van der Waals surface area (Å²) < 4.78 is 38.7. The molecule has 0 aliphatic heterocycles. The number of thiazole rings is 2. The van der Waals surface area contributed by atoms with Gasteiger partial charge in [-0.25, -0.2) is 9.97 Å². The van der Waals surface area contributed by atoms with Gasteiger partial charge in [-0.1, -0.05) is 34.7 Å². The van der Waals surface area contributed by atoms with E-state index in [1.54, 1.807) is 0 Å². The zero-order chi connectivity index (χ0) is 23.6. The minimum atomic E-state index is -4.33. The summed E-state index contributed by atoms with van der Waals surface area (Å²) in [5, 5.41) is 18.9. The van der Waals surface area contributed by atoms with E-state index < -0.39 is 11.7 Å². The second-order valence-corrected chi connectivity index (χ2v) is 10.3. The zero-order valence-electron chi connectivity index (χ0n) is 17.2. The molecule has 1 aliphatic carbocycles. The highest BCUT2D eigenvalue weighted by Crippen LogP contribution is 2.35. The van der Waals surface area contributed by atoms with Gasteiger partial charge in [-0.15, -0.1) is 22.7 Å². The maximum Gasteiger partial charge on any atom is 0.416 e. The van der Waals surface area contributed by atoms with E-state index in [0.29, 0.717) is 35.9 Å². The summed E-state index contributed by atoms with van der Waals surface area (Å²) >= 11 is 5.03. The minimum Gasteiger partial charge on any atom is -0.390 e. The van der Waals surface area contributed by atoms with Crippen LogP contribution in [-0.2, 0) is 28.6 Å². The number of aliphatic hydroxyl groups is 1. The molecule has 33 heavy (non-hydrogen) atoms. The fourth-order valence-electron chi connectivity index (χ4n) is 3.48. The Labute approximate surface area is 209 Å². The van der Waals surface area contributed by atoms with Crippen LogP contribution in [0.1, 0.15) is 34.7 Å². The van der Waals surface area contributed by atoms with Gasteiger partial charge in [0.25, 0.3) is 0 Å². The molecule has 0 unspecified atom stereocenters. The van der Waals surface area contributed by atoms with Crippen LogP contribution in [0.5, 0.6) is 0 Å². The number of carbonyl (C=O) groups is 1. The summed E-state index contributed by atoms with van der Waals surface area (Å²) in [4.78, 5) is 22.2. The van der Waals surface area contributed by atoms with Crippen LogP contribution in [0.25, 0.3) is 10.6 Å². The smallest absolute Gasteiger partial charge is 0.390 e. The van der Waals surface area contributed by atoms with Crippen LogP contribution in [-0.4, -0.2) is 27.0 Å². The third-order valence-electron chi connectivity index (χ3n) is 5.36. The molecule has 1 aliphatic rings. The van der Waals surface area contributed by atoms with Gasteiger partial charge in [0.1, 0.15) is 5.01 Å². The summed E-state index contributed by atoms with van der Waals surface area (Å²) in [6, 6.07) is 5.23. The predicted octanol–water partition coefficient (Wildman–Crippen LogP) is 5.22. The van der Waals surface area contributed by atoms with Gasteiger partial charge >= 0.3 is 6.18 Å². The summed E-state index contributed by atoms with van der Waals surface area (Å²) in [5.74, 6) is -0.229. The van der Waals surface area contributed by atoms with Gasteiger partial charge in [-0.3, -0.25) is 4.79 Å². The van der Waals surface area contributed by atoms with Crippen LogP contribution in [0.4, 0.5) is 18.3 Å². The number of amides is 1. The molecule has 1 fully saturated rings. The molecular formula is C21H20F3IN4O2S2. The predicted molar refractivity (Wildman–Crippen MR) is 130 cm³/mol. The molecule has 1 amide bonds. The fraction of sp³-hybridized carbons (Fsp3) is 0.381. The monoisotopic (exact) mass is 608 g/mol. The van der Waals surface area contributed by atoms with E-state index in [1.165, 1.54) is 34.8 Å². The van der Waals surface area contributed by atoms with Crippen molar-refractivity contribution in [2.24, 2.45) is 5.92 Å². The van der Waals surface area contributed by atoms with Crippen LogP contribution >= 0.6 is 45.3 Å². The Morgan fingerprint density at radius 1 is 1.21 bits per heavy atom. The maximum absolute atomic E-state index is 12.6. The van der Waals surface area contributed by atoms with Crippen LogP contribution in [0, 0.1) is 5.92 Å². The first-order valence-corrected chi connectivity index (χ1v) is 13.3. The van der Waals surface area contributed by atoms with Gasteiger partial charge in [0.05, 0.1) is 32.9 Å². The van der Waals surface area contributed by atoms with Gasteiger partial charge < -0.3 is 15.7 Å². The maximum atomic E-state index is 12.6. The number of nitrogens with one attached hydrogen (secondary N) is 2. The lowest BCUT2D eigenvalue weighted by atomic mass is 9.79. The number of rotatable bonds is 8. The number of halogens is 4. The van der Waals surface area contributed by atoms with E-state index in [0.717, 1.165) is 32.0 Å². The molecule has 3 N–H and O–H groups in total. The first-order chi connectivity index (χ1) is 15.8. The highest BCUT2D eigenvalue weighted by atomic mass is 127. The van der Waals surface area contributed by atoms with Gasteiger partial charge in [0.15, 0.2) is 5.13 Å². The summed E-state index contributed by atoms with van der Waals surface area (Å²) in [6.45, 7) is 0.291. The Hall–Kier alpha value is -1.61. The van der Waals surface area contributed by atoms with Crippen LogP contribution in [0.3, 0.4) is 0 Å². The van der Waals surface area contributed by atoms with Crippen molar-refractivity contribution in [1.29, 1.82) is 0 Å². The van der Waals surface area contributed by atoms with Gasteiger partial charge in [-0.05, 0) is 30.5 Å². The topological polar surface area (TPSA) is 87.1 Å². The lowest BCUT2D eigenvalue weighted by Gasteiger charge is -2.34. The Morgan fingerprint density at radius 3 is 2.58 bits per heavy atom. The molecule has 2 heterocycles. The van der Waals surface area contributed by atoms with Crippen molar-refractivity contribution in [2.45, 2.75) is 42.6 Å². The largest absolute Gasteiger partial charge is 0.416 e. The molecular weight excluding hydrogens is 588 g/mol. The van der Waals surface area contributed by atoms with Crippen LogP contribution in [0.2, 0.25) is 0 Å². The second kappa shape index (κ2) is 10.3. The van der Waals surface area contributed by atoms with E-state index in [-0.39, 0.29) is 24.5 Å². The van der Waals surface area contributed by atoms with Gasteiger partial charge in [0, 0.05) is 23.9 Å². The molecule has 12 heteroatoms. The number of aliphatic hydroxyl groups excluding tert-OH is 1. The van der Waals surface area contributed by atoms with Crippen molar-refractivity contribution in [2.75, 3.05) is 5.32 Å². The summed E-state index contributed by atoms with van der Waals surface area (Å²) in [7, 11) is 0. The first kappa shape index (κ1) is 24.5. The number of nitrogens with zero attached hydrogens (tertiary/aromatic N) is 2. The normalized spacial score (nSPS) is 18.2. The lowest BCUT2D eigenvalue weighted by molar-refractivity contribution is -0.137. The number of anilines is 1. The fourth-order valence-corrected chi connectivity index (χ4v) is 5.78. The van der Waals surface area contributed by atoms with Crippen molar-refractivity contribution in [1.82, 2.24) is 15.3 Å². The van der Waals surface area contributed by atoms with Gasteiger partial charge in [-0.2, -0.15) is 13.2 Å². The average Bonchev–Trinajstić information content (AvgIpc) is 3.38. The molecule has 1 aromatic carbocycles. The molecule has 2 aromatic heterocycles. The molecule has 4 rings (SSSR count). The van der Waals surface area contributed by atoms with Gasteiger partial charge in [0.2, 0.25) is 5.91 Å². The second-order valence-electron chi connectivity index (χ2n) is 7.64. The number of hydrogen-bond acceptors (Lipinski definition) is 7. The quantitative estimate of drug-likeness (QED) is 0.241. The van der Waals surface area contributed by atoms with Crippen molar-refractivity contribution in [3.8, 4) is 10.6 Å². The highest BCUT2D eigenvalue weighted by Gasteiger charge is 2.34. The first-order valence-electron chi connectivity index (χ1n) is 10.1. The van der Waals surface area contributed by atoms with Crippen molar-refractivity contribution in [3.05, 3.63) is 51.5 Å². The highest BCUT2D eigenvalue weighted by molar-refractivity contribution is 14.1. The third kappa shape index (κ3) is 5.91. The average molecular weight is 608 g/mol. The molecule has 3 aromatic rings. The van der Waals surface area contributed by atoms with Crippen molar-refractivity contribution >= 4 is 56.3 Å². The number of benzene rings is 1. The molecule has 6 nitrogen and oxygen atoms in total. The number of alkyl halides is 4.